The molecule has 0 bridgehead atoms. The van der Waals surface area contributed by atoms with E-state index in [-0.39, 0.29) is 18.3 Å². The molecule has 0 radical (unpaired) electrons. The number of nitrogens with zero attached hydrogens (tertiary/aromatic N) is 1. The third-order valence-electron chi connectivity index (χ3n) is 1.22. The van der Waals surface area contributed by atoms with E-state index in [4.69, 9.17) is 16.7 Å². The molecule has 0 saturated carbocycles. The van der Waals surface area contributed by atoms with Crippen LogP contribution in [0.1, 0.15) is 11.7 Å². The summed E-state index contributed by atoms with van der Waals surface area (Å²) in [5, 5.41) is 9.16. The number of aliphatic hydroxyl groups is 1. The standard InChI is InChI=1S/C7H8ClNO.ClH/c8-4-7(10)6-2-1-3-9-5-6;/h1-3,5,7,10H,4H2;1H/t7-;/m1./s1. The summed E-state index contributed by atoms with van der Waals surface area (Å²) < 4.78 is 0. The molecule has 11 heavy (non-hydrogen) atoms. The van der Waals surface area contributed by atoms with Crippen LogP contribution in [-0.4, -0.2) is 16.0 Å². The smallest absolute Gasteiger partial charge is 0.0940 e. The second-order valence-electron chi connectivity index (χ2n) is 1.96. The minimum absolute atomic E-state index is 0. The Bertz CT molecular complexity index is 193. The number of hydrogen-bond acceptors (Lipinski definition) is 2. The number of aromatic nitrogens is 1. The van der Waals surface area contributed by atoms with Gasteiger partial charge in [0.25, 0.3) is 0 Å². The van der Waals surface area contributed by atoms with Gasteiger partial charge in [0.2, 0.25) is 0 Å². The highest BCUT2D eigenvalue weighted by Gasteiger charge is 2.03. The number of aliphatic hydroxyl groups excluding tert-OH is 1. The SMILES string of the molecule is Cl.O[C@H](CCl)c1cccnc1. The van der Waals surface area contributed by atoms with Gasteiger partial charge in [-0.15, -0.1) is 24.0 Å². The van der Waals surface area contributed by atoms with Crippen molar-refractivity contribution in [2.45, 2.75) is 6.10 Å². The van der Waals surface area contributed by atoms with Crippen molar-refractivity contribution in [2.24, 2.45) is 0 Å². The monoisotopic (exact) mass is 193 g/mol. The van der Waals surface area contributed by atoms with Gasteiger partial charge in [0, 0.05) is 12.4 Å². The second kappa shape index (κ2) is 5.35. The van der Waals surface area contributed by atoms with Gasteiger partial charge in [0.05, 0.1) is 12.0 Å². The second-order valence-corrected chi connectivity index (χ2v) is 2.27. The van der Waals surface area contributed by atoms with Gasteiger partial charge in [0.1, 0.15) is 0 Å². The molecular weight excluding hydrogens is 185 g/mol. The quantitative estimate of drug-likeness (QED) is 0.727. The lowest BCUT2D eigenvalue weighted by atomic mass is 10.2. The lowest BCUT2D eigenvalue weighted by molar-refractivity contribution is 0.202. The molecule has 0 aliphatic carbocycles. The number of halogens is 2. The van der Waals surface area contributed by atoms with Gasteiger partial charge in [0.15, 0.2) is 0 Å². The van der Waals surface area contributed by atoms with Crippen LogP contribution >= 0.6 is 24.0 Å². The fourth-order valence-corrected chi connectivity index (χ4v) is 0.840. The molecule has 0 fully saturated rings. The van der Waals surface area contributed by atoms with Crippen molar-refractivity contribution >= 4 is 24.0 Å². The Labute approximate surface area is 76.6 Å². The van der Waals surface area contributed by atoms with Gasteiger partial charge in [-0.05, 0) is 11.6 Å². The van der Waals surface area contributed by atoms with Crippen LogP contribution in [0.4, 0.5) is 0 Å². The third kappa shape index (κ3) is 3.06. The first-order valence-electron chi connectivity index (χ1n) is 2.98. The molecule has 1 aromatic rings. The molecule has 0 saturated heterocycles. The fraction of sp³-hybridized carbons (Fsp3) is 0.286. The van der Waals surface area contributed by atoms with Crippen LogP contribution in [0.25, 0.3) is 0 Å². The fourth-order valence-electron chi connectivity index (χ4n) is 0.662. The molecule has 0 amide bonds. The zero-order valence-electron chi connectivity index (χ0n) is 5.77. The Morgan fingerprint density at radius 2 is 2.36 bits per heavy atom. The molecule has 4 heteroatoms. The minimum Gasteiger partial charge on any atom is -0.387 e. The van der Waals surface area contributed by atoms with Gasteiger partial charge in [-0.2, -0.15) is 0 Å². The van der Waals surface area contributed by atoms with Gasteiger partial charge in [-0.1, -0.05) is 6.07 Å². The molecule has 1 N–H and O–H groups in total. The first-order chi connectivity index (χ1) is 4.84. The van der Waals surface area contributed by atoms with Gasteiger partial charge in [-0.3, -0.25) is 4.98 Å². The van der Waals surface area contributed by atoms with Crippen molar-refractivity contribution in [1.82, 2.24) is 4.98 Å². The first kappa shape index (κ1) is 10.7. The normalized spacial score (nSPS) is 11.8. The summed E-state index contributed by atoms with van der Waals surface area (Å²) in [6.45, 7) is 0. The van der Waals surface area contributed by atoms with E-state index in [1.807, 2.05) is 0 Å². The topological polar surface area (TPSA) is 33.1 Å². The van der Waals surface area contributed by atoms with E-state index < -0.39 is 6.10 Å². The molecule has 0 aliphatic heterocycles. The maximum Gasteiger partial charge on any atom is 0.0940 e. The molecule has 1 atom stereocenters. The van der Waals surface area contributed by atoms with Crippen molar-refractivity contribution in [3.05, 3.63) is 30.1 Å². The zero-order chi connectivity index (χ0) is 7.40. The average Bonchev–Trinajstić information content (AvgIpc) is 2.05. The van der Waals surface area contributed by atoms with E-state index in [0.29, 0.717) is 0 Å². The van der Waals surface area contributed by atoms with Crippen LogP contribution in [0.15, 0.2) is 24.5 Å². The van der Waals surface area contributed by atoms with Crippen molar-refractivity contribution in [3.8, 4) is 0 Å². The van der Waals surface area contributed by atoms with E-state index in [2.05, 4.69) is 4.98 Å². The number of rotatable bonds is 2. The van der Waals surface area contributed by atoms with Crippen molar-refractivity contribution in [3.63, 3.8) is 0 Å². The van der Waals surface area contributed by atoms with Crippen LogP contribution in [0.3, 0.4) is 0 Å². The highest BCUT2D eigenvalue weighted by Crippen LogP contribution is 2.11. The molecule has 1 heterocycles. The summed E-state index contributed by atoms with van der Waals surface area (Å²) >= 11 is 5.41. The molecule has 62 valence electrons. The zero-order valence-corrected chi connectivity index (χ0v) is 7.35. The molecule has 0 aromatic carbocycles. The molecule has 0 unspecified atom stereocenters. The Hall–Kier alpha value is -0.310. The minimum atomic E-state index is -0.588. The summed E-state index contributed by atoms with van der Waals surface area (Å²) in [7, 11) is 0. The summed E-state index contributed by atoms with van der Waals surface area (Å²) in [6.07, 6.45) is 2.67. The molecule has 1 aromatic heterocycles. The van der Waals surface area contributed by atoms with Crippen LogP contribution < -0.4 is 0 Å². The van der Waals surface area contributed by atoms with E-state index in [0.717, 1.165) is 5.56 Å². The Balaban J connectivity index is 0.000001000. The molecule has 0 spiro atoms. The van der Waals surface area contributed by atoms with Crippen LogP contribution in [0.2, 0.25) is 0 Å². The van der Waals surface area contributed by atoms with Gasteiger partial charge < -0.3 is 5.11 Å². The summed E-state index contributed by atoms with van der Waals surface area (Å²) in [5.74, 6) is 0.214. The third-order valence-corrected chi connectivity index (χ3v) is 1.51. The Morgan fingerprint density at radius 3 is 2.82 bits per heavy atom. The van der Waals surface area contributed by atoms with Crippen molar-refractivity contribution in [1.29, 1.82) is 0 Å². The number of alkyl halides is 1. The van der Waals surface area contributed by atoms with Gasteiger partial charge >= 0.3 is 0 Å². The van der Waals surface area contributed by atoms with Crippen molar-refractivity contribution < 1.29 is 5.11 Å². The predicted octanol–water partition coefficient (Wildman–Crippen LogP) is 1.78. The van der Waals surface area contributed by atoms with E-state index >= 15 is 0 Å². The predicted molar refractivity (Wildman–Crippen MR) is 47.2 cm³/mol. The maximum absolute atomic E-state index is 9.16. The van der Waals surface area contributed by atoms with E-state index in [1.54, 1.807) is 24.5 Å². The Kier molecular flexibility index (Phi) is 5.20. The van der Waals surface area contributed by atoms with Crippen LogP contribution in [-0.2, 0) is 0 Å². The van der Waals surface area contributed by atoms with Crippen molar-refractivity contribution in [2.75, 3.05) is 5.88 Å². The Morgan fingerprint density at radius 1 is 1.64 bits per heavy atom. The van der Waals surface area contributed by atoms with Crippen LogP contribution in [0, 0.1) is 0 Å². The lowest BCUT2D eigenvalue weighted by Gasteiger charge is -2.03. The van der Waals surface area contributed by atoms with E-state index in [9.17, 15) is 0 Å². The summed E-state index contributed by atoms with van der Waals surface area (Å²) in [6, 6.07) is 3.56. The lowest BCUT2D eigenvalue weighted by Crippen LogP contribution is -1.97. The highest BCUT2D eigenvalue weighted by molar-refractivity contribution is 6.18. The molecular formula is C7H9Cl2NO. The maximum atomic E-state index is 9.16. The highest BCUT2D eigenvalue weighted by atomic mass is 35.5. The van der Waals surface area contributed by atoms with E-state index in [1.165, 1.54) is 0 Å². The van der Waals surface area contributed by atoms with Gasteiger partial charge in [-0.25, -0.2) is 0 Å². The number of hydrogen-bond donors (Lipinski definition) is 1. The molecule has 0 aliphatic rings. The molecule has 1 rings (SSSR count). The summed E-state index contributed by atoms with van der Waals surface area (Å²) in [4.78, 5) is 3.84. The summed E-state index contributed by atoms with van der Waals surface area (Å²) in [5.41, 5.74) is 0.762. The first-order valence-corrected chi connectivity index (χ1v) is 3.52. The number of pyridine rings is 1. The van der Waals surface area contributed by atoms with Crippen LogP contribution in [0.5, 0.6) is 0 Å². The molecule has 2 nitrogen and oxygen atoms in total. The average molecular weight is 194 g/mol. The largest absolute Gasteiger partial charge is 0.387 e.